The van der Waals surface area contributed by atoms with Crippen LogP contribution in [0.1, 0.15) is 64.2 Å². The predicted molar refractivity (Wildman–Crippen MR) is 82.1 cm³/mol. The fourth-order valence-corrected chi connectivity index (χ4v) is 2.40. The first-order valence-electron chi connectivity index (χ1n) is 7.31. The van der Waals surface area contributed by atoms with Crippen molar-refractivity contribution < 1.29 is 9.32 Å². The van der Waals surface area contributed by atoms with E-state index in [1.54, 1.807) is 0 Å². The van der Waals surface area contributed by atoms with Gasteiger partial charge in [0.25, 0.3) is 0 Å². The molecule has 2 heterocycles. The zero-order chi connectivity index (χ0) is 14.9. The van der Waals surface area contributed by atoms with Crippen molar-refractivity contribution in [2.45, 2.75) is 58.5 Å². The Bertz CT molecular complexity index is 475. The van der Waals surface area contributed by atoms with Gasteiger partial charge in [0, 0.05) is 18.5 Å². The number of hydrogen-bond acceptors (Lipinski definition) is 5. The number of rotatable bonds is 4. The standard InChI is InChI=1S/C14H24N4O2.ClH/c1-8(2)13-16-12(17-20-13)11-6-5-7-18(11)14(19)9(3)10(4)15;/h8-11H,5-7,15H2,1-4H3;1H. The molecule has 1 aromatic heterocycles. The Hall–Kier alpha value is -1.14. The third kappa shape index (κ3) is 3.74. The summed E-state index contributed by atoms with van der Waals surface area (Å²) in [5.41, 5.74) is 5.84. The Labute approximate surface area is 131 Å². The summed E-state index contributed by atoms with van der Waals surface area (Å²) in [6.07, 6.45) is 1.85. The second-order valence-corrected chi connectivity index (χ2v) is 5.98. The van der Waals surface area contributed by atoms with Gasteiger partial charge in [-0.15, -0.1) is 12.4 Å². The zero-order valence-corrected chi connectivity index (χ0v) is 13.9. The maximum absolute atomic E-state index is 12.5. The van der Waals surface area contributed by atoms with Crippen LogP contribution in [0.25, 0.3) is 0 Å². The van der Waals surface area contributed by atoms with Gasteiger partial charge in [0.05, 0.1) is 12.0 Å². The Morgan fingerprint density at radius 1 is 1.38 bits per heavy atom. The van der Waals surface area contributed by atoms with E-state index < -0.39 is 0 Å². The van der Waals surface area contributed by atoms with Gasteiger partial charge in [0.1, 0.15) is 0 Å². The molecular formula is C14H25ClN4O2. The van der Waals surface area contributed by atoms with Gasteiger partial charge in [-0.25, -0.2) is 0 Å². The summed E-state index contributed by atoms with van der Waals surface area (Å²) in [6, 6.07) is -0.222. The van der Waals surface area contributed by atoms with Crippen molar-refractivity contribution in [2.75, 3.05) is 6.54 Å². The first-order valence-corrected chi connectivity index (χ1v) is 7.31. The maximum atomic E-state index is 12.5. The van der Waals surface area contributed by atoms with Crippen LogP contribution in [-0.2, 0) is 4.79 Å². The molecule has 3 atom stereocenters. The monoisotopic (exact) mass is 316 g/mol. The van der Waals surface area contributed by atoms with Gasteiger partial charge in [0.15, 0.2) is 5.82 Å². The van der Waals surface area contributed by atoms with E-state index in [1.165, 1.54) is 0 Å². The maximum Gasteiger partial charge on any atom is 0.229 e. The molecule has 21 heavy (non-hydrogen) atoms. The van der Waals surface area contributed by atoms with Crippen molar-refractivity contribution in [1.82, 2.24) is 15.0 Å². The smallest absolute Gasteiger partial charge is 0.229 e. The molecule has 120 valence electrons. The molecule has 1 saturated heterocycles. The van der Waals surface area contributed by atoms with Crippen LogP contribution in [0.15, 0.2) is 4.52 Å². The van der Waals surface area contributed by atoms with Crippen molar-refractivity contribution in [3.8, 4) is 0 Å². The second kappa shape index (κ2) is 7.22. The minimum absolute atomic E-state index is 0. The van der Waals surface area contributed by atoms with Gasteiger partial charge in [0.2, 0.25) is 11.8 Å². The number of nitrogens with zero attached hydrogens (tertiary/aromatic N) is 3. The topological polar surface area (TPSA) is 85.2 Å². The van der Waals surface area contributed by atoms with Crippen LogP contribution in [0.5, 0.6) is 0 Å². The Morgan fingerprint density at radius 2 is 2.05 bits per heavy atom. The zero-order valence-electron chi connectivity index (χ0n) is 13.1. The molecule has 0 radical (unpaired) electrons. The summed E-state index contributed by atoms with van der Waals surface area (Å²) in [5.74, 6) is 1.34. The van der Waals surface area contributed by atoms with E-state index in [1.807, 2.05) is 32.6 Å². The molecule has 0 aromatic carbocycles. The SMILES string of the molecule is CC(C)c1nc(C2CCCN2C(=O)C(C)C(C)N)no1.Cl. The average Bonchev–Trinajstić information content (AvgIpc) is 3.04. The molecule has 1 aliphatic heterocycles. The molecule has 0 spiro atoms. The van der Waals surface area contributed by atoms with Crippen LogP contribution < -0.4 is 5.73 Å². The summed E-state index contributed by atoms with van der Waals surface area (Å²) < 4.78 is 5.25. The minimum Gasteiger partial charge on any atom is -0.339 e. The number of nitrogens with two attached hydrogens (primary N) is 1. The lowest BCUT2D eigenvalue weighted by Crippen LogP contribution is -2.41. The molecule has 2 rings (SSSR count). The van der Waals surface area contributed by atoms with E-state index in [0.717, 1.165) is 19.4 Å². The molecule has 0 bridgehead atoms. The van der Waals surface area contributed by atoms with Crippen molar-refractivity contribution in [1.29, 1.82) is 0 Å². The molecule has 1 aliphatic rings. The summed E-state index contributed by atoms with van der Waals surface area (Å²) in [7, 11) is 0. The van der Waals surface area contributed by atoms with E-state index in [2.05, 4.69) is 10.1 Å². The minimum atomic E-state index is -0.188. The normalized spacial score (nSPS) is 21.2. The first-order chi connectivity index (χ1) is 9.41. The lowest BCUT2D eigenvalue weighted by atomic mass is 10.0. The van der Waals surface area contributed by atoms with Crippen LogP contribution in [-0.4, -0.2) is 33.5 Å². The molecule has 2 N–H and O–H groups in total. The van der Waals surface area contributed by atoms with Gasteiger partial charge in [-0.2, -0.15) is 4.98 Å². The van der Waals surface area contributed by atoms with E-state index in [9.17, 15) is 4.79 Å². The fraction of sp³-hybridized carbons (Fsp3) is 0.786. The lowest BCUT2D eigenvalue weighted by molar-refractivity contribution is -0.136. The number of carbonyl (C=O) groups is 1. The van der Waals surface area contributed by atoms with Crippen LogP contribution in [0.2, 0.25) is 0 Å². The largest absolute Gasteiger partial charge is 0.339 e. The van der Waals surface area contributed by atoms with Crippen LogP contribution in [0.4, 0.5) is 0 Å². The summed E-state index contributed by atoms with van der Waals surface area (Å²) in [6.45, 7) is 8.49. The summed E-state index contributed by atoms with van der Waals surface area (Å²) >= 11 is 0. The number of likely N-dealkylation sites (tertiary alicyclic amines) is 1. The molecule has 1 fully saturated rings. The Balaban J connectivity index is 0.00000220. The van der Waals surface area contributed by atoms with E-state index in [-0.39, 0.29) is 42.2 Å². The molecule has 0 saturated carbocycles. The van der Waals surface area contributed by atoms with E-state index in [0.29, 0.717) is 11.7 Å². The van der Waals surface area contributed by atoms with Crippen molar-refractivity contribution in [2.24, 2.45) is 11.7 Å². The molecule has 7 heteroatoms. The third-order valence-corrected chi connectivity index (χ3v) is 3.96. The van der Waals surface area contributed by atoms with Gasteiger partial charge in [-0.05, 0) is 19.8 Å². The number of amides is 1. The van der Waals surface area contributed by atoms with E-state index in [4.69, 9.17) is 10.3 Å². The highest BCUT2D eigenvalue weighted by Gasteiger charge is 2.36. The molecule has 3 unspecified atom stereocenters. The second-order valence-electron chi connectivity index (χ2n) is 5.98. The number of halogens is 1. The third-order valence-electron chi connectivity index (χ3n) is 3.96. The number of carbonyl (C=O) groups excluding carboxylic acids is 1. The average molecular weight is 317 g/mol. The van der Waals surface area contributed by atoms with Gasteiger partial charge in [-0.3, -0.25) is 4.79 Å². The van der Waals surface area contributed by atoms with Gasteiger partial charge in [-0.1, -0.05) is 25.9 Å². The fourth-order valence-electron chi connectivity index (χ4n) is 2.40. The molecule has 6 nitrogen and oxygen atoms in total. The Kier molecular flexibility index (Phi) is 6.16. The highest BCUT2D eigenvalue weighted by molar-refractivity contribution is 5.85. The van der Waals surface area contributed by atoms with Crippen molar-refractivity contribution >= 4 is 18.3 Å². The van der Waals surface area contributed by atoms with Crippen molar-refractivity contribution in [3.63, 3.8) is 0 Å². The highest BCUT2D eigenvalue weighted by Crippen LogP contribution is 2.32. The summed E-state index contributed by atoms with van der Waals surface area (Å²) in [4.78, 5) is 18.7. The van der Waals surface area contributed by atoms with Crippen LogP contribution >= 0.6 is 12.4 Å². The first kappa shape index (κ1) is 17.9. The predicted octanol–water partition coefficient (Wildman–Crippen LogP) is 2.26. The lowest BCUT2D eigenvalue weighted by Gasteiger charge is -2.27. The molecule has 1 aromatic rings. The molecular weight excluding hydrogens is 292 g/mol. The summed E-state index contributed by atoms with van der Waals surface area (Å²) in [5, 5.41) is 4.05. The number of aromatic nitrogens is 2. The quantitative estimate of drug-likeness (QED) is 0.921. The van der Waals surface area contributed by atoms with Crippen molar-refractivity contribution in [3.05, 3.63) is 11.7 Å². The molecule has 1 amide bonds. The molecule has 0 aliphatic carbocycles. The number of hydrogen-bond donors (Lipinski definition) is 1. The van der Waals surface area contributed by atoms with Gasteiger partial charge >= 0.3 is 0 Å². The van der Waals surface area contributed by atoms with Crippen LogP contribution in [0, 0.1) is 5.92 Å². The van der Waals surface area contributed by atoms with Crippen LogP contribution in [0.3, 0.4) is 0 Å². The highest BCUT2D eigenvalue weighted by atomic mass is 35.5. The van der Waals surface area contributed by atoms with Gasteiger partial charge < -0.3 is 15.2 Å². The van der Waals surface area contributed by atoms with E-state index >= 15 is 0 Å². The Morgan fingerprint density at radius 3 is 2.57 bits per heavy atom.